The lowest BCUT2D eigenvalue weighted by molar-refractivity contribution is 0.364. The molecular formula is C15H15NO5. The van der Waals surface area contributed by atoms with Crippen molar-refractivity contribution < 1.29 is 25.5 Å². The van der Waals surface area contributed by atoms with E-state index in [9.17, 15) is 25.5 Å². The maximum absolute atomic E-state index is 9.81. The van der Waals surface area contributed by atoms with E-state index < -0.39 is 17.2 Å². The summed E-state index contributed by atoms with van der Waals surface area (Å²) in [5, 5.41) is 51.1. The Morgan fingerprint density at radius 1 is 0.857 bits per heavy atom. The first-order chi connectivity index (χ1) is 9.95. The van der Waals surface area contributed by atoms with Crippen LogP contribution in [0.1, 0.15) is 22.7 Å². The fourth-order valence-corrected chi connectivity index (χ4v) is 2.66. The predicted octanol–water partition coefficient (Wildman–Crippen LogP) is 1.60. The Hall–Kier alpha value is -2.60. The average molecular weight is 289 g/mol. The minimum absolute atomic E-state index is 0.0108. The van der Waals surface area contributed by atoms with Crippen molar-refractivity contribution in [2.24, 2.45) is 0 Å². The molecule has 6 nitrogen and oxygen atoms in total. The molecule has 6 N–H and O–H groups in total. The molecule has 0 saturated heterocycles. The van der Waals surface area contributed by atoms with Crippen molar-refractivity contribution in [2.45, 2.75) is 19.0 Å². The number of rotatable bonds is 1. The normalized spacial score (nSPS) is 17.4. The standard InChI is InChI=1S/C15H15NO5/c17-9-1-7-2-11(16-6-10(7)12(18)5-9)8-3-13(19)15(21)14(20)4-8/h1,3-5,11,16-21H,2,6H2. The molecule has 0 spiro atoms. The second-order valence-corrected chi connectivity index (χ2v) is 5.15. The van der Waals surface area contributed by atoms with Crippen LogP contribution in [0.15, 0.2) is 24.3 Å². The highest BCUT2D eigenvalue weighted by atomic mass is 16.3. The molecule has 1 aliphatic heterocycles. The summed E-state index contributed by atoms with van der Waals surface area (Å²) in [6, 6.07) is 5.42. The highest BCUT2D eigenvalue weighted by Gasteiger charge is 2.24. The van der Waals surface area contributed by atoms with Gasteiger partial charge in [0, 0.05) is 24.2 Å². The summed E-state index contributed by atoms with van der Waals surface area (Å²) >= 11 is 0. The minimum Gasteiger partial charge on any atom is -0.508 e. The summed E-state index contributed by atoms with van der Waals surface area (Å²) in [4.78, 5) is 0. The van der Waals surface area contributed by atoms with Gasteiger partial charge in [-0.05, 0) is 35.7 Å². The van der Waals surface area contributed by atoms with Crippen molar-refractivity contribution in [3.05, 3.63) is 41.0 Å². The predicted molar refractivity (Wildman–Crippen MR) is 74.5 cm³/mol. The molecule has 0 amide bonds. The number of phenols is 5. The molecule has 1 atom stereocenters. The van der Waals surface area contributed by atoms with Crippen LogP contribution in [0.25, 0.3) is 0 Å². The fraction of sp³-hybridized carbons (Fsp3) is 0.200. The zero-order valence-corrected chi connectivity index (χ0v) is 11.0. The zero-order chi connectivity index (χ0) is 15.1. The maximum Gasteiger partial charge on any atom is 0.200 e. The van der Waals surface area contributed by atoms with E-state index in [1.165, 1.54) is 18.2 Å². The first-order valence-electron chi connectivity index (χ1n) is 6.47. The van der Waals surface area contributed by atoms with Gasteiger partial charge in [-0.3, -0.25) is 0 Å². The van der Waals surface area contributed by atoms with E-state index >= 15 is 0 Å². The van der Waals surface area contributed by atoms with Crippen molar-refractivity contribution in [1.29, 1.82) is 0 Å². The maximum atomic E-state index is 9.81. The van der Waals surface area contributed by atoms with Crippen molar-refractivity contribution in [3.8, 4) is 28.7 Å². The third-order valence-electron chi connectivity index (χ3n) is 3.75. The van der Waals surface area contributed by atoms with Gasteiger partial charge in [0.25, 0.3) is 0 Å². The highest BCUT2D eigenvalue weighted by Crippen LogP contribution is 2.40. The minimum atomic E-state index is -0.551. The summed E-state index contributed by atoms with van der Waals surface area (Å²) in [5.74, 6) is -1.31. The van der Waals surface area contributed by atoms with E-state index in [0.717, 1.165) is 11.1 Å². The molecule has 0 bridgehead atoms. The van der Waals surface area contributed by atoms with Gasteiger partial charge in [-0.2, -0.15) is 0 Å². The molecule has 2 aromatic rings. The van der Waals surface area contributed by atoms with Crippen LogP contribution in [0, 0.1) is 0 Å². The molecule has 0 aromatic heterocycles. The van der Waals surface area contributed by atoms with Gasteiger partial charge in [-0.1, -0.05) is 0 Å². The third kappa shape index (κ3) is 2.30. The second kappa shape index (κ2) is 4.75. The number of benzene rings is 2. The van der Waals surface area contributed by atoms with Gasteiger partial charge in [0.05, 0.1) is 0 Å². The van der Waals surface area contributed by atoms with Gasteiger partial charge < -0.3 is 30.8 Å². The molecule has 0 aliphatic carbocycles. The SMILES string of the molecule is Oc1cc(O)c2c(c1)CC(c1cc(O)c(O)c(O)c1)NC2. The molecule has 6 heteroatoms. The molecule has 1 aliphatic rings. The summed E-state index contributed by atoms with van der Waals surface area (Å²) < 4.78 is 0. The molecular weight excluding hydrogens is 274 g/mol. The smallest absolute Gasteiger partial charge is 0.200 e. The number of fused-ring (bicyclic) bond motifs is 1. The topological polar surface area (TPSA) is 113 Å². The van der Waals surface area contributed by atoms with Crippen LogP contribution in [0.5, 0.6) is 28.7 Å². The lowest BCUT2D eigenvalue weighted by Gasteiger charge is -2.27. The highest BCUT2D eigenvalue weighted by molar-refractivity contribution is 5.53. The second-order valence-electron chi connectivity index (χ2n) is 5.15. The largest absolute Gasteiger partial charge is 0.508 e. The van der Waals surface area contributed by atoms with E-state index in [2.05, 4.69) is 5.32 Å². The molecule has 0 saturated carbocycles. The summed E-state index contributed by atoms with van der Waals surface area (Å²) in [6.45, 7) is 0.397. The van der Waals surface area contributed by atoms with Crippen LogP contribution in [0.4, 0.5) is 0 Å². The fourth-order valence-electron chi connectivity index (χ4n) is 2.66. The lowest BCUT2D eigenvalue weighted by Crippen LogP contribution is -2.28. The molecule has 1 heterocycles. The van der Waals surface area contributed by atoms with E-state index in [-0.39, 0.29) is 17.5 Å². The number of hydrogen-bond donors (Lipinski definition) is 6. The Morgan fingerprint density at radius 2 is 1.52 bits per heavy atom. The van der Waals surface area contributed by atoms with Gasteiger partial charge in [0.1, 0.15) is 11.5 Å². The Labute approximate surface area is 120 Å². The molecule has 110 valence electrons. The lowest BCUT2D eigenvalue weighted by atomic mass is 9.90. The van der Waals surface area contributed by atoms with Crippen LogP contribution in [-0.4, -0.2) is 25.5 Å². The van der Waals surface area contributed by atoms with Gasteiger partial charge >= 0.3 is 0 Å². The van der Waals surface area contributed by atoms with Crippen LogP contribution in [-0.2, 0) is 13.0 Å². The first kappa shape index (κ1) is 13.4. The zero-order valence-electron chi connectivity index (χ0n) is 11.0. The molecule has 2 aromatic carbocycles. The van der Waals surface area contributed by atoms with Crippen LogP contribution >= 0.6 is 0 Å². The molecule has 21 heavy (non-hydrogen) atoms. The van der Waals surface area contributed by atoms with E-state index in [1.807, 2.05) is 0 Å². The van der Waals surface area contributed by atoms with Gasteiger partial charge in [0.2, 0.25) is 0 Å². The van der Waals surface area contributed by atoms with Crippen molar-refractivity contribution in [2.75, 3.05) is 0 Å². The Kier molecular flexibility index (Phi) is 3.03. The van der Waals surface area contributed by atoms with Crippen LogP contribution in [0.3, 0.4) is 0 Å². The summed E-state index contributed by atoms with van der Waals surface area (Å²) in [6.07, 6.45) is 0.473. The van der Waals surface area contributed by atoms with Gasteiger partial charge in [-0.25, -0.2) is 0 Å². The van der Waals surface area contributed by atoms with Gasteiger partial charge in [-0.15, -0.1) is 0 Å². The van der Waals surface area contributed by atoms with Crippen molar-refractivity contribution >= 4 is 0 Å². The van der Waals surface area contributed by atoms with Crippen molar-refractivity contribution in [1.82, 2.24) is 5.32 Å². The molecule has 3 rings (SSSR count). The monoisotopic (exact) mass is 289 g/mol. The molecule has 0 fully saturated rings. The van der Waals surface area contributed by atoms with E-state index in [1.54, 1.807) is 6.07 Å². The number of nitrogens with one attached hydrogen (secondary N) is 1. The first-order valence-corrected chi connectivity index (χ1v) is 6.47. The molecule has 1 unspecified atom stereocenters. The van der Waals surface area contributed by atoms with Crippen LogP contribution in [0.2, 0.25) is 0 Å². The summed E-state index contributed by atoms with van der Waals surface area (Å²) in [5.41, 5.74) is 2.12. The van der Waals surface area contributed by atoms with Gasteiger partial charge in [0.15, 0.2) is 17.2 Å². The van der Waals surface area contributed by atoms with E-state index in [0.29, 0.717) is 18.5 Å². The Bertz CT molecular complexity index is 690. The van der Waals surface area contributed by atoms with Crippen LogP contribution < -0.4 is 5.32 Å². The summed E-state index contributed by atoms with van der Waals surface area (Å²) in [7, 11) is 0. The molecule has 0 radical (unpaired) electrons. The van der Waals surface area contributed by atoms with E-state index in [4.69, 9.17) is 0 Å². The number of hydrogen-bond acceptors (Lipinski definition) is 6. The third-order valence-corrected chi connectivity index (χ3v) is 3.75. The Morgan fingerprint density at radius 3 is 2.19 bits per heavy atom. The Balaban J connectivity index is 1.96. The average Bonchev–Trinajstić information content (AvgIpc) is 2.43. The quantitative estimate of drug-likeness (QED) is 0.445. The van der Waals surface area contributed by atoms with Crippen molar-refractivity contribution in [3.63, 3.8) is 0 Å². The number of aromatic hydroxyl groups is 5. The number of phenolic OH excluding ortho intramolecular Hbond substituents is 5.